The molecule has 0 radical (unpaired) electrons. The molecule has 8 heteroatoms. The average molecular weight is 687 g/mol. The van der Waals surface area contributed by atoms with E-state index in [2.05, 4.69) is 168 Å². The zero-order valence-electron chi connectivity index (χ0n) is 22.6. The van der Waals surface area contributed by atoms with Crippen molar-refractivity contribution in [3.05, 3.63) is 91.5 Å². The SMILES string of the molecule is CN1C=CN2[C]1=[Pt]=[C]1N(C)C=CN1c1cccc(c1)N(c1c(N(C)C)cccc1N(C)C)c1cccc2c1. The van der Waals surface area contributed by atoms with E-state index in [9.17, 15) is 0 Å². The molecule has 0 spiro atoms. The quantitative estimate of drug-likeness (QED) is 0.382. The Hall–Kier alpha value is -3.83. The van der Waals surface area contributed by atoms with Gasteiger partial charge in [-0.2, -0.15) is 0 Å². The molecule has 0 fully saturated rings. The van der Waals surface area contributed by atoms with Gasteiger partial charge >= 0.3 is 234 Å². The topological polar surface area (TPSA) is 22.7 Å². The summed E-state index contributed by atoms with van der Waals surface area (Å²) >= 11 is -0.497. The summed E-state index contributed by atoms with van der Waals surface area (Å²) in [5.74, 6) is 0. The predicted molar refractivity (Wildman–Crippen MR) is 159 cm³/mol. The fraction of sp³-hybridized carbons (Fsp3) is 0.200. The zero-order chi connectivity index (χ0) is 26.6. The summed E-state index contributed by atoms with van der Waals surface area (Å²) in [6.45, 7) is 0. The summed E-state index contributed by atoms with van der Waals surface area (Å²) in [5.41, 5.74) is 8.03. The van der Waals surface area contributed by atoms with Crippen LogP contribution in [-0.4, -0.2) is 60.4 Å². The van der Waals surface area contributed by atoms with Crippen LogP contribution in [0.2, 0.25) is 0 Å². The maximum atomic E-state index is 2.40. The van der Waals surface area contributed by atoms with E-state index in [1.807, 2.05) is 0 Å². The van der Waals surface area contributed by atoms with Gasteiger partial charge in [-0.05, 0) is 0 Å². The van der Waals surface area contributed by atoms with Crippen molar-refractivity contribution < 1.29 is 17.6 Å². The molecule has 0 aromatic heterocycles. The van der Waals surface area contributed by atoms with Crippen LogP contribution in [0.3, 0.4) is 0 Å². The standard InChI is InChI=1S/C30H33N7.Pt/c1-31(2)28-14-9-15-29(32(3)4)30(28)37(26-12-7-10-24(20-26)35-18-16-33(5)22-35)27-13-8-11-25(21-27)36-19-17-34(6)23-36;/h7-21H,1-6H3;. The summed E-state index contributed by atoms with van der Waals surface area (Å²) < 4.78 is 2.65. The van der Waals surface area contributed by atoms with Gasteiger partial charge in [-0.3, -0.25) is 0 Å². The van der Waals surface area contributed by atoms with Crippen LogP contribution in [0.5, 0.6) is 0 Å². The second-order valence-corrected chi connectivity index (χ2v) is 12.5. The van der Waals surface area contributed by atoms with Gasteiger partial charge in [0.05, 0.1) is 0 Å². The van der Waals surface area contributed by atoms with E-state index < -0.39 is 17.6 Å². The van der Waals surface area contributed by atoms with Gasteiger partial charge in [-0.25, -0.2) is 0 Å². The van der Waals surface area contributed by atoms with Gasteiger partial charge in [-0.1, -0.05) is 0 Å². The third kappa shape index (κ3) is 4.02. The van der Waals surface area contributed by atoms with Crippen molar-refractivity contribution in [1.29, 1.82) is 0 Å². The van der Waals surface area contributed by atoms with Gasteiger partial charge in [-0.15, -0.1) is 0 Å². The molecular formula is C30H33N7Pt. The monoisotopic (exact) mass is 686 g/mol. The molecule has 7 nitrogen and oxygen atoms in total. The fourth-order valence-electron chi connectivity index (χ4n) is 4.96. The van der Waals surface area contributed by atoms with Crippen LogP contribution in [0, 0.1) is 0 Å². The number of anilines is 7. The number of rotatable bonds is 3. The molecule has 0 unspecified atom stereocenters. The summed E-state index contributed by atoms with van der Waals surface area (Å²) in [6.07, 6.45) is 8.71. The molecule has 0 N–H and O–H groups in total. The first-order valence-electron chi connectivity index (χ1n) is 12.5. The second-order valence-electron chi connectivity index (χ2n) is 9.93. The van der Waals surface area contributed by atoms with Crippen LogP contribution < -0.4 is 24.5 Å². The summed E-state index contributed by atoms with van der Waals surface area (Å²) in [5, 5.41) is 0. The number of fused-ring (bicyclic) bond motifs is 8. The maximum absolute atomic E-state index is 2.40. The van der Waals surface area contributed by atoms with Crippen LogP contribution in [0.4, 0.5) is 39.8 Å². The predicted octanol–water partition coefficient (Wildman–Crippen LogP) is 5.01. The first-order chi connectivity index (χ1) is 18.3. The first-order valence-corrected chi connectivity index (χ1v) is 14.8. The molecule has 0 saturated carbocycles. The molecule has 3 aliphatic heterocycles. The first kappa shape index (κ1) is 24.5. The third-order valence-electron chi connectivity index (χ3n) is 6.84. The van der Waals surface area contributed by atoms with E-state index in [0.717, 1.165) is 39.8 Å². The van der Waals surface area contributed by atoms with E-state index in [-0.39, 0.29) is 0 Å². The zero-order valence-corrected chi connectivity index (χ0v) is 24.9. The van der Waals surface area contributed by atoms with Gasteiger partial charge < -0.3 is 0 Å². The van der Waals surface area contributed by atoms with Crippen LogP contribution >= 0.6 is 0 Å². The van der Waals surface area contributed by atoms with E-state index in [4.69, 9.17) is 0 Å². The molecule has 198 valence electrons. The Kier molecular flexibility index (Phi) is 6.11. The molecule has 3 aromatic carbocycles. The van der Waals surface area contributed by atoms with Crippen molar-refractivity contribution in [1.82, 2.24) is 9.80 Å². The number of para-hydroxylation sites is 1. The van der Waals surface area contributed by atoms with Crippen LogP contribution in [0.25, 0.3) is 0 Å². The van der Waals surface area contributed by atoms with Crippen molar-refractivity contribution in [2.45, 2.75) is 0 Å². The summed E-state index contributed by atoms with van der Waals surface area (Å²) in [4.78, 5) is 16.0. The van der Waals surface area contributed by atoms with Crippen LogP contribution in [-0.2, 0) is 17.6 Å². The van der Waals surface area contributed by atoms with Gasteiger partial charge in [0.15, 0.2) is 0 Å². The summed E-state index contributed by atoms with van der Waals surface area (Å²) in [6, 6.07) is 24.4. The van der Waals surface area contributed by atoms with E-state index >= 15 is 0 Å². The molecule has 38 heavy (non-hydrogen) atoms. The molecular weight excluding hydrogens is 653 g/mol. The number of nitrogens with zero attached hydrogens (tertiary/aromatic N) is 7. The number of benzene rings is 3. The van der Waals surface area contributed by atoms with Crippen molar-refractivity contribution in [3.63, 3.8) is 0 Å². The minimum atomic E-state index is -0.497. The number of hydrogen-bond donors (Lipinski definition) is 0. The van der Waals surface area contributed by atoms with Crippen molar-refractivity contribution in [2.24, 2.45) is 0 Å². The third-order valence-corrected chi connectivity index (χ3v) is 10.6. The molecule has 0 atom stereocenters. The Morgan fingerprint density at radius 2 is 0.974 bits per heavy atom. The Morgan fingerprint density at radius 1 is 0.553 bits per heavy atom. The molecule has 6 rings (SSSR count). The van der Waals surface area contributed by atoms with Crippen molar-refractivity contribution in [2.75, 3.05) is 66.8 Å². The Morgan fingerprint density at radius 3 is 1.42 bits per heavy atom. The molecule has 4 bridgehead atoms. The van der Waals surface area contributed by atoms with Crippen molar-refractivity contribution in [3.8, 4) is 0 Å². The molecule has 0 amide bonds. The van der Waals surface area contributed by atoms with Crippen LogP contribution in [0.1, 0.15) is 0 Å². The van der Waals surface area contributed by atoms with Gasteiger partial charge in [0.1, 0.15) is 0 Å². The van der Waals surface area contributed by atoms with Crippen molar-refractivity contribution >= 4 is 48.1 Å². The van der Waals surface area contributed by atoms with E-state index in [1.165, 1.54) is 8.29 Å². The van der Waals surface area contributed by atoms with E-state index in [1.54, 1.807) is 0 Å². The molecule has 0 aliphatic carbocycles. The molecule has 3 aromatic rings. The van der Waals surface area contributed by atoms with Gasteiger partial charge in [0.25, 0.3) is 0 Å². The normalized spacial score (nSPS) is 16.2. The van der Waals surface area contributed by atoms with Crippen LogP contribution in [0.15, 0.2) is 91.5 Å². The Bertz CT molecular complexity index is 1430. The molecule has 0 saturated heterocycles. The van der Waals surface area contributed by atoms with Gasteiger partial charge in [0, 0.05) is 0 Å². The van der Waals surface area contributed by atoms with E-state index in [0.29, 0.717) is 0 Å². The van der Waals surface area contributed by atoms with Gasteiger partial charge in [0.2, 0.25) is 0 Å². The second kappa shape index (κ2) is 9.48. The Labute approximate surface area is 233 Å². The minimum absolute atomic E-state index is 0.497. The summed E-state index contributed by atoms with van der Waals surface area (Å²) in [7, 11) is 12.8. The molecule has 3 aliphatic rings. The fourth-order valence-corrected chi connectivity index (χ4v) is 8.03. The average Bonchev–Trinajstić information content (AvgIpc) is 3.46. The number of hydrogen-bond acceptors (Lipinski definition) is 7. The molecule has 3 heterocycles. The Balaban J connectivity index is 1.69.